The number of anilines is 1. The van der Waals surface area contributed by atoms with Gasteiger partial charge in [0.25, 0.3) is 0 Å². The van der Waals surface area contributed by atoms with Gasteiger partial charge in [0, 0.05) is 10.2 Å². The molecule has 2 atom stereocenters. The van der Waals surface area contributed by atoms with Gasteiger partial charge in [-0.15, -0.1) is 0 Å². The van der Waals surface area contributed by atoms with Crippen molar-refractivity contribution in [3.05, 3.63) is 28.7 Å². The first kappa shape index (κ1) is 13.9. The van der Waals surface area contributed by atoms with Crippen LogP contribution in [0, 0.1) is 11.3 Å². The maximum Gasteiger partial charge on any atom is 0.196 e. The highest BCUT2D eigenvalue weighted by molar-refractivity contribution is 9.10. The van der Waals surface area contributed by atoms with Crippen molar-refractivity contribution in [3.63, 3.8) is 0 Å². The lowest BCUT2D eigenvalue weighted by molar-refractivity contribution is 0.341. The molecule has 0 saturated heterocycles. The summed E-state index contributed by atoms with van der Waals surface area (Å²) in [4.78, 5) is 6.85. The van der Waals surface area contributed by atoms with Crippen LogP contribution in [0.3, 0.4) is 0 Å². The summed E-state index contributed by atoms with van der Waals surface area (Å²) in [6.07, 6.45) is 2.37. The summed E-state index contributed by atoms with van der Waals surface area (Å²) in [5.74, 6) is 1.25. The smallest absolute Gasteiger partial charge is 0.196 e. The molecule has 3 nitrogen and oxygen atoms in total. The average molecular weight is 336 g/mol. The lowest BCUT2D eigenvalue weighted by Crippen LogP contribution is -2.54. The molecule has 2 N–H and O–H groups in total. The van der Waals surface area contributed by atoms with Gasteiger partial charge in [-0.2, -0.15) is 0 Å². The zero-order valence-corrected chi connectivity index (χ0v) is 13.9. The van der Waals surface area contributed by atoms with Gasteiger partial charge in [0.05, 0.1) is 12.1 Å². The Hall–Kier alpha value is -1.03. The molecule has 0 radical (unpaired) electrons. The van der Waals surface area contributed by atoms with Gasteiger partial charge in [-0.1, -0.05) is 36.7 Å². The molecule has 1 heterocycles. The molecule has 108 valence electrons. The van der Waals surface area contributed by atoms with Crippen molar-refractivity contribution in [3.8, 4) is 0 Å². The third kappa shape index (κ3) is 2.05. The van der Waals surface area contributed by atoms with Gasteiger partial charge >= 0.3 is 0 Å². The number of halogens is 1. The molecule has 3 rings (SSSR count). The van der Waals surface area contributed by atoms with Gasteiger partial charge in [-0.05, 0) is 48.4 Å². The van der Waals surface area contributed by atoms with Gasteiger partial charge in [-0.3, -0.25) is 4.99 Å². The summed E-state index contributed by atoms with van der Waals surface area (Å²) in [5.41, 5.74) is 7.78. The van der Waals surface area contributed by atoms with E-state index in [0.29, 0.717) is 17.3 Å². The Morgan fingerprint density at radius 3 is 2.50 bits per heavy atom. The summed E-state index contributed by atoms with van der Waals surface area (Å²) < 4.78 is 1.09. The zero-order chi connectivity index (χ0) is 14.5. The normalized spacial score (nSPS) is 31.9. The van der Waals surface area contributed by atoms with E-state index in [2.05, 4.69) is 70.9 Å². The lowest BCUT2D eigenvalue weighted by atomic mass is 9.85. The maximum absolute atomic E-state index is 6.22. The quantitative estimate of drug-likeness (QED) is 0.848. The van der Waals surface area contributed by atoms with E-state index in [1.165, 1.54) is 6.42 Å². The number of hydrogen-bond acceptors (Lipinski definition) is 3. The molecule has 0 aromatic heterocycles. The fourth-order valence-electron chi connectivity index (χ4n) is 4.17. The van der Waals surface area contributed by atoms with Gasteiger partial charge in [0.2, 0.25) is 0 Å². The molecule has 1 aliphatic heterocycles. The zero-order valence-electron chi connectivity index (χ0n) is 12.4. The number of nitrogens with zero attached hydrogens (tertiary/aromatic N) is 2. The van der Waals surface area contributed by atoms with Crippen LogP contribution < -0.4 is 10.6 Å². The number of rotatable bonds is 1. The predicted molar refractivity (Wildman–Crippen MR) is 88.0 cm³/mol. The highest BCUT2D eigenvalue weighted by Crippen LogP contribution is 2.53. The molecule has 1 saturated carbocycles. The minimum Gasteiger partial charge on any atom is -0.369 e. The van der Waals surface area contributed by atoms with Crippen LogP contribution in [0.4, 0.5) is 5.69 Å². The van der Waals surface area contributed by atoms with Crippen molar-refractivity contribution in [2.45, 2.75) is 39.2 Å². The largest absolute Gasteiger partial charge is 0.369 e. The van der Waals surface area contributed by atoms with E-state index in [4.69, 9.17) is 5.73 Å². The number of hydrogen-bond donors (Lipinski definition) is 1. The SMILES string of the molecule is CC1CC(C)(C)CC12CN=C(N)N2c1ccc(Br)cc1. The first-order chi connectivity index (χ1) is 9.34. The standard InChI is InChI=1S/C16H22BrN3/c1-11-8-15(2,3)9-16(11)10-19-14(18)20(16)13-6-4-12(17)5-7-13/h4-7,11H,8-10H2,1-3H3,(H2,18,19). The fraction of sp³-hybridized carbons (Fsp3) is 0.562. The topological polar surface area (TPSA) is 41.6 Å². The Labute approximate surface area is 129 Å². The Morgan fingerprint density at radius 2 is 1.95 bits per heavy atom. The van der Waals surface area contributed by atoms with Crippen LogP contribution in [-0.2, 0) is 0 Å². The highest BCUT2D eigenvalue weighted by atomic mass is 79.9. The molecule has 0 bridgehead atoms. The summed E-state index contributed by atoms with van der Waals surface area (Å²) in [5, 5.41) is 0. The molecular weight excluding hydrogens is 314 g/mol. The van der Waals surface area contributed by atoms with E-state index in [1.54, 1.807) is 0 Å². The Bertz CT molecular complexity index is 549. The highest BCUT2D eigenvalue weighted by Gasteiger charge is 2.55. The fourth-order valence-corrected chi connectivity index (χ4v) is 4.44. The maximum atomic E-state index is 6.22. The lowest BCUT2D eigenvalue weighted by Gasteiger charge is -2.40. The average Bonchev–Trinajstić information content (AvgIpc) is 2.79. The molecule has 20 heavy (non-hydrogen) atoms. The molecule has 1 aliphatic carbocycles. The van der Waals surface area contributed by atoms with Crippen LogP contribution in [0.15, 0.2) is 33.7 Å². The van der Waals surface area contributed by atoms with Gasteiger partial charge in [0.1, 0.15) is 0 Å². The first-order valence-electron chi connectivity index (χ1n) is 7.20. The van der Waals surface area contributed by atoms with Gasteiger partial charge in [-0.25, -0.2) is 0 Å². The molecular formula is C16H22BrN3. The van der Waals surface area contributed by atoms with Crippen LogP contribution >= 0.6 is 15.9 Å². The number of aliphatic imine (C=N–C) groups is 1. The monoisotopic (exact) mass is 335 g/mol. The predicted octanol–water partition coefficient (Wildman–Crippen LogP) is 3.78. The second-order valence-electron chi connectivity index (χ2n) is 7.04. The van der Waals surface area contributed by atoms with Gasteiger partial charge < -0.3 is 10.6 Å². The minimum atomic E-state index is 0.0570. The van der Waals surface area contributed by atoms with Crippen molar-refractivity contribution >= 4 is 27.6 Å². The third-order valence-electron chi connectivity index (χ3n) is 4.83. The van der Waals surface area contributed by atoms with Crippen LogP contribution in [0.25, 0.3) is 0 Å². The van der Waals surface area contributed by atoms with E-state index < -0.39 is 0 Å². The van der Waals surface area contributed by atoms with Crippen molar-refractivity contribution in [1.29, 1.82) is 0 Å². The third-order valence-corrected chi connectivity index (χ3v) is 5.36. The Balaban J connectivity index is 2.03. The van der Waals surface area contributed by atoms with Gasteiger partial charge in [0.15, 0.2) is 5.96 Å². The van der Waals surface area contributed by atoms with E-state index in [0.717, 1.165) is 23.1 Å². The van der Waals surface area contributed by atoms with E-state index >= 15 is 0 Å². The van der Waals surface area contributed by atoms with Crippen LogP contribution in [0.5, 0.6) is 0 Å². The summed E-state index contributed by atoms with van der Waals surface area (Å²) in [7, 11) is 0. The summed E-state index contributed by atoms with van der Waals surface area (Å²) in [6, 6.07) is 8.38. The van der Waals surface area contributed by atoms with Crippen LogP contribution in [-0.4, -0.2) is 18.0 Å². The van der Waals surface area contributed by atoms with Crippen molar-refractivity contribution in [1.82, 2.24) is 0 Å². The number of guanidine groups is 1. The van der Waals surface area contributed by atoms with E-state index in [9.17, 15) is 0 Å². The molecule has 1 spiro atoms. The number of benzene rings is 1. The van der Waals surface area contributed by atoms with Crippen molar-refractivity contribution in [2.75, 3.05) is 11.4 Å². The molecule has 2 aliphatic rings. The molecule has 4 heteroatoms. The molecule has 2 unspecified atom stereocenters. The molecule has 1 aromatic rings. The van der Waals surface area contributed by atoms with E-state index in [-0.39, 0.29) is 5.54 Å². The summed E-state index contributed by atoms with van der Waals surface area (Å²) in [6.45, 7) is 7.87. The molecule has 1 fully saturated rings. The van der Waals surface area contributed by atoms with Crippen LogP contribution in [0.1, 0.15) is 33.6 Å². The second kappa shape index (κ2) is 4.48. The van der Waals surface area contributed by atoms with E-state index in [1.807, 2.05) is 0 Å². The van der Waals surface area contributed by atoms with Crippen molar-refractivity contribution in [2.24, 2.45) is 22.1 Å². The first-order valence-corrected chi connectivity index (χ1v) is 7.99. The van der Waals surface area contributed by atoms with Crippen LogP contribution in [0.2, 0.25) is 0 Å². The number of nitrogens with two attached hydrogens (primary N) is 1. The minimum absolute atomic E-state index is 0.0570. The molecule has 1 aromatic carbocycles. The van der Waals surface area contributed by atoms with Crippen molar-refractivity contribution < 1.29 is 0 Å². The second-order valence-corrected chi connectivity index (χ2v) is 7.95. The molecule has 0 amide bonds. The Morgan fingerprint density at radius 1 is 1.30 bits per heavy atom. The Kier molecular flexibility index (Phi) is 3.12. The summed E-state index contributed by atoms with van der Waals surface area (Å²) >= 11 is 3.49.